The summed E-state index contributed by atoms with van der Waals surface area (Å²) in [4.78, 5) is 0. The molecule has 0 bridgehead atoms. The first kappa shape index (κ1) is 30.3. The Morgan fingerprint density at radius 3 is 2.06 bits per heavy atom. The molecule has 0 radical (unpaired) electrons. The van der Waals surface area contributed by atoms with Crippen molar-refractivity contribution in [1.82, 2.24) is 0 Å². The molecular formula is C30H39Cl2PZr. The van der Waals surface area contributed by atoms with Crippen molar-refractivity contribution in [3.05, 3.63) is 66.6 Å². The topological polar surface area (TPSA) is 0 Å². The van der Waals surface area contributed by atoms with Crippen molar-refractivity contribution in [3.8, 4) is 0 Å². The van der Waals surface area contributed by atoms with Crippen LogP contribution in [0.25, 0.3) is 10.8 Å². The Hall–Kier alpha value is 0.0731. The van der Waals surface area contributed by atoms with Gasteiger partial charge >= 0.3 is 26.2 Å². The van der Waals surface area contributed by atoms with Crippen LogP contribution in [0.4, 0.5) is 0 Å². The van der Waals surface area contributed by atoms with E-state index in [4.69, 9.17) is 0 Å². The minimum Gasteiger partial charge on any atom is -1.00 e. The molecule has 0 aliphatic heterocycles. The molecule has 0 amide bonds. The van der Waals surface area contributed by atoms with Gasteiger partial charge in [0.1, 0.15) is 0 Å². The van der Waals surface area contributed by atoms with Crippen LogP contribution in [0.2, 0.25) is 0 Å². The van der Waals surface area contributed by atoms with Gasteiger partial charge in [-0.2, -0.15) is 6.07 Å². The third-order valence-corrected chi connectivity index (χ3v) is 11.5. The number of hydrogen-bond donors (Lipinski definition) is 0. The molecule has 3 fully saturated rings. The fourth-order valence-corrected chi connectivity index (χ4v) is 10.2. The monoisotopic (exact) mass is 590 g/mol. The molecule has 0 nitrogen and oxygen atoms in total. The van der Waals surface area contributed by atoms with Gasteiger partial charge in [0.2, 0.25) is 0 Å². The van der Waals surface area contributed by atoms with Gasteiger partial charge in [-0.1, -0.05) is 58.9 Å². The summed E-state index contributed by atoms with van der Waals surface area (Å²) >= 11 is 0. The van der Waals surface area contributed by atoms with Gasteiger partial charge in [0.15, 0.2) is 0 Å². The molecule has 4 aliphatic rings. The molecule has 0 spiro atoms. The van der Waals surface area contributed by atoms with Crippen LogP contribution in [0.5, 0.6) is 0 Å². The number of benzene rings is 1. The fourth-order valence-electron chi connectivity index (χ4n) is 6.39. The SMILES string of the molecule is C1=CCC2CC[CH-]C2=C1.[Cl-].[Cl-].[Zr+4].c1ccc2[cH-]c(P(C3CCCCC3)C3CCCCC3)cc2c1. The van der Waals surface area contributed by atoms with Crippen LogP contribution in [0.1, 0.15) is 83.5 Å². The second-order valence-corrected chi connectivity index (χ2v) is 12.9. The normalized spacial score (nSPS) is 22.3. The van der Waals surface area contributed by atoms with E-state index in [9.17, 15) is 0 Å². The summed E-state index contributed by atoms with van der Waals surface area (Å²) in [5.74, 6) is 0.884. The Morgan fingerprint density at radius 1 is 0.794 bits per heavy atom. The first-order valence-electron chi connectivity index (χ1n) is 13.0. The summed E-state index contributed by atoms with van der Waals surface area (Å²) in [5.41, 5.74) is 3.62. The van der Waals surface area contributed by atoms with Gasteiger partial charge in [-0.3, -0.25) is 0 Å². The molecule has 3 saturated carbocycles. The van der Waals surface area contributed by atoms with Crippen molar-refractivity contribution < 1.29 is 51.0 Å². The Bertz CT molecular complexity index is 854. The van der Waals surface area contributed by atoms with Gasteiger partial charge in [0.25, 0.3) is 0 Å². The maximum Gasteiger partial charge on any atom is 4.00 e. The summed E-state index contributed by atoms with van der Waals surface area (Å²) in [6, 6.07) is 14.1. The second kappa shape index (κ2) is 15.4. The molecule has 0 N–H and O–H groups in total. The summed E-state index contributed by atoms with van der Waals surface area (Å²) in [5, 5.41) is 4.67. The molecule has 0 aromatic heterocycles. The average Bonchev–Trinajstić information content (AvgIpc) is 3.48. The Morgan fingerprint density at radius 2 is 1.44 bits per heavy atom. The average molecular weight is 593 g/mol. The van der Waals surface area contributed by atoms with Crippen LogP contribution >= 0.6 is 7.92 Å². The minimum atomic E-state index is 0. The van der Waals surface area contributed by atoms with E-state index in [0.29, 0.717) is 0 Å². The van der Waals surface area contributed by atoms with E-state index in [-0.39, 0.29) is 58.9 Å². The van der Waals surface area contributed by atoms with Gasteiger partial charge in [-0.05, 0) is 49.3 Å². The van der Waals surface area contributed by atoms with E-state index in [0.717, 1.165) is 17.2 Å². The third kappa shape index (κ3) is 7.54. The largest absolute Gasteiger partial charge is 4.00 e. The van der Waals surface area contributed by atoms with E-state index < -0.39 is 0 Å². The molecule has 2 aromatic rings. The Kier molecular flexibility index (Phi) is 13.7. The molecule has 34 heavy (non-hydrogen) atoms. The van der Waals surface area contributed by atoms with E-state index in [2.05, 4.69) is 61.0 Å². The standard InChI is InChI=1S/C21H28P.C9H11.2ClH.Zr/c1-3-11-19(12-4-1)22(20-13-5-2-6-14-20)21-15-17-9-7-8-10-18(17)16-21;1-2-5-9-7-3-6-8(9)4-1;;;/h7-10,15-16,19-20H,1-6,11-14H2;1-2,4,6,9H,3,5,7H2;2*1H;/q2*-1;;;+4/p-2. The molecule has 2 aromatic carbocycles. The van der Waals surface area contributed by atoms with Crippen LogP contribution in [-0.4, -0.2) is 11.3 Å². The van der Waals surface area contributed by atoms with E-state index in [1.54, 1.807) is 10.9 Å². The van der Waals surface area contributed by atoms with E-state index in [1.165, 1.54) is 94.2 Å². The van der Waals surface area contributed by atoms with E-state index >= 15 is 0 Å². The van der Waals surface area contributed by atoms with Crippen LogP contribution in [0, 0.1) is 12.3 Å². The summed E-state index contributed by atoms with van der Waals surface area (Å²) < 4.78 is 0. The molecule has 0 saturated heterocycles. The first-order chi connectivity index (χ1) is 15.4. The van der Waals surface area contributed by atoms with Crippen molar-refractivity contribution in [2.24, 2.45) is 5.92 Å². The van der Waals surface area contributed by atoms with Crippen molar-refractivity contribution >= 4 is 24.0 Å². The van der Waals surface area contributed by atoms with Crippen LogP contribution in [-0.2, 0) is 26.2 Å². The molecular weight excluding hydrogens is 553 g/mol. The number of hydrogen-bond acceptors (Lipinski definition) is 0. The quantitative estimate of drug-likeness (QED) is 0.380. The van der Waals surface area contributed by atoms with Crippen LogP contribution in [0.15, 0.2) is 60.2 Å². The molecule has 182 valence electrons. The molecule has 1 unspecified atom stereocenters. The predicted octanol–water partition coefficient (Wildman–Crippen LogP) is 2.82. The van der Waals surface area contributed by atoms with Crippen molar-refractivity contribution in [2.75, 3.05) is 0 Å². The summed E-state index contributed by atoms with van der Waals surface area (Å²) in [6.45, 7) is 0. The fraction of sp³-hybridized carbons (Fsp3) is 0.533. The number of rotatable bonds is 3. The number of fused-ring (bicyclic) bond motifs is 2. The zero-order chi connectivity index (χ0) is 20.9. The Balaban J connectivity index is 0.000000290. The second-order valence-electron chi connectivity index (χ2n) is 10.1. The maximum absolute atomic E-state index is 2.55. The van der Waals surface area contributed by atoms with Crippen LogP contribution in [0.3, 0.4) is 0 Å². The van der Waals surface area contributed by atoms with Crippen LogP contribution < -0.4 is 30.1 Å². The molecule has 6 rings (SSSR count). The predicted molar refractivity (Wildman–Crippen MR) is 139 cm³/mol. The molecule has 4 heteroatoms. The minimum absolute atomic E-state index is 0. The van der Waals surface area contributed by atoms with E-state index in [1.807, 2.05) is 0 Å². The van der Waals surface area contributed by atoms with Crippen molar-refractivity contribution in [2.45, 2.75) is 94.8 Å². The Labute approximate surface area is 240 Å². The summed E-state index contributed by atoms with van der Waals surface area (Å²) in [6.07, 6.45) is 27.9. The summed E-state index contributed by atoms with van der Waals surface area (Å²) in [7, 11) is 0.0611. The van der Waals surface area contributed by atoms with Crippen molar-refractivity contribution in [3.63, 3.8) is 0 Å². The maximum atomic E-state index is 2.55. The molecule has 0 heterocycles. The number of halogens is 2. The van der Waals surface area contributed by atoms with Gasteiger partial charge in [-0.25, -0.2) is 18.1 Å². The van der Waals surface area contributed by atoms with Crippen molar-refractivity contribution in [1.29, 1.82) is 0 Å². The van der Waals surface area contributed by atoms with Gasteiger partial charge in [0, 0.05) is 0 Å². The smallest absolute Gasteiger partial charge is 1.00 e. The number of allylic oxidation sites excluding steroid dienone is 4. The molecule has 1 atom stereocenters. The van der Waals surface area contributed by atoms with Gasteiger partial charge in [-0.15, -0.1) is 58.9 Å². The zero-order valence-corrected chi connectivity index (χ0v) is 25.3. The molecule has 4 aliphatic carbocycles. The van der Waals surface area contributed by atoms with Gasteiger partial charge < -0.3 is 24.8 Å². The van der Waals surface area contributed by atoms with Gasteiger partial charge in [0.05, 0.1) is 0 Å². The first-order valence-corrected chi connectivity index (χ1v) is 14.5. The zero-order valence-electron chi connectivity index (χ0n) is 20.4. The third-order valence-electron chi connectivity index (χ3n) is 8.05.